The highest BCUT2D eigenvalue weighted by molar-refractivity contribution is 7.71. The molecule has 0 fully saturated rings. The fourth-order valence-electron chi connectivity index (χ4n) is 1.78. The first-order chi connectivity index (χ1) is 7.61. The number of imidazole rings is 1. The number of aryl methyl sites for hydroxylation is 2. The SMILES string of the molecule is Cn1c(=S)n(CCC(=O)[O-])c2ccccc21. The van der Waals surface area contributed by atoms with Crippen LogP contribution in [0.25, 0.3) is 11.0 Å². The quantitative estimate of drug-likeness (QED) is 0.741. The molecule has 0 aliphatic carbocycles. The standard InChI is InChI=1S/C11H12N2O2S/c1-12-8-4-2-3-5-9(8)13(11(12)16)7-6-10(14)15/h2-5H,6-7H2,1H3,(H,14,15)/p-1. The number of aliphatic carboxylic acids is 1. The van der Waals surface area contributed by atoms with E-state index in [4.69, 9.17) is 12.2 Å². The molecule has 84 valence electrons. The zero-order chi connectivity index (χ0) is 11.7. The molecule has 0 saturated heterocycles. The van der Waals surface area contributed by atoms with Crippen LogP contribution in [0.4, 0.5) is 0 Å². The molecule has 1 aromatic carbocycles. The fraction of sp³-hybridized carbons (Fsp3) is 0.273. The van der Waals surface area contributed by atoms with Crippen molar-refractivity contribution in [2.24, 2.45) is 7.05 Å². The molecule has 0 aliphatic heterocycles. The molecule has 0 amide bonds. The van der Waals surface area contributed by atoms with Gasteiger partial charge in [-0.25, -0.2) is 0 Å². The van der Waals surface area contributed by atoms with Gasteiger partial charge in [-0.2, -0.15) is 0 Å². The Balaban J connectivity index is 2.55. The number of para-hydroxylation sites is 2. The van der Waals surface area contributed by atoms with Crippen LogP contribution in [0, 0.1) is 4.77 Å². The molecule has 5 heteroatoms. The van der Waals surface area contributed by atoms with Crippen molar-refractivity contribution in [2.45, 2.75) is 13.0 Å². The van der Waals surface area contributed by atoms with E-state index in [0.717, 1.165) is 11.0 Å². The highest BCUT2D eigenvalue weighted by Gasteiger charge is 2.06. The molecule has 16 heavy (non-hydrogen) atoms. The maximum absolute atomic E-state index is 10.5. The van der Waals surface area contributed by atoms with Crippen LogP contribution in [0.5, 0.6) is 0 Å². The summed E-state index contributed by atoms with van der Waals surface area (Å²) in [5.41, 5.74) is 1.96. The molecule has 2 aromatic rings. The van der Waals surface area contributed by atoms with Gasteiger partial charge in [0, 0.05) is 26.0 Å². The van der Waals surface area contributed by atoms with Crippen molar-refractivity contribution in [1.29, 1.82) is 0 Å². The molecule has 4 nitrogen and oxygen atoms in total. The number of benzene rings is 1. The Labute approximate surface area is 97.7 Å². The number of hydrogen-bond donors (Lipinski definition) is 0. The molecule has 1 heterocycles. The maximum Gasteiger partial charge on any atom is 0.180 e. The second-order valence-corrected chi connectivity index (χ2v) is 3.97. The Morgan fingerprint density at radius 2 is 2.00 bits per heavy atom. The molecule has 0 spiro atoms. The van der Waals surface area contributed by atoms with Crippen molar-refractivity contribution in [1.82, 2.24) is 9.13 Å². The van der Waals surface area contributed by atoms with Crippen molar-refractivity contribution >= 4 is 29.2 Å². The van der Waals surface area contributed by atoms with Gasteiger partial charge in [0.2, 0.25) is 0 Å². The molecule has 0 bridgehead atoms. The number of nitrogens with zero attached hydrogens (tertiary/aromatic N) is 2. The summed E-state index contributed by atoms with van der Waals surface area (Å²) < 4.78 is 4.32. The summed E-state index contributed by atoms with van der Waals surface area (Å²) in [5, 5.41) is 10.5. The topological polar surface area (TPSA) is 50.0 Å². The van der Waals surface area contributed by atoms with Gasteiger partial charge in [-0.1, -0.05) is 12.1 Å². The van der Waals surface area contributed by atoms with Gasteiger partial charge in [-0.15, -0.1) is 0 Å². The van der Waals surface area contributed by atoms with Crippen molar-refractivity contribution in [2.75, 3.05) is 0 Å². The molecular weight excluding hydrogens is 224 g/mol. The predicted octanol–water partition coefficient (Wildman–Crippen LogP) is 0.849. The summed E-state index contributed by atoms with van der Waals surface area (Å²) in [6, 6.07) is 7.73. The molecule has 0 aliphatic rings. The Kier molecular flexibility index (Phi) is 2.78. The number of carbonyl (C=O) groups is 1. The first-order valence-corrected chi connectivity index (χ1v) is 5.36. The molecule has 0 radical (unpaired) electrons. The van der Waals surface area contributed by atoms with E-state index >= 15 is 0 Å². The van der Waals surface area contributed by atoms with E-state index in [2.05, 4.69) is 0 Å². The monoisotopic (exact) mass is 235 g/mol. The van der Waals surface area contributed by atoms with E-state index < -0.39 is 5.97 Å². The van der Waals surface area contributed by atoms with Crippen molar-refractivity contribution in [3.63, 3.8) is 0 Å². The van der Waals surface area contributed by atoms with Crippen LogP contribution in [-0.2, 0) is 18.4 Å². The number of rotatable bonds is 3. The van der Waals surface area contributed by atoms with Crippen molar-refractivity contribution in [3.05, 3.63) is 29.0 Å². The van der Waals surface area contributed by atoms with E-state index in [9.17, 15) is 9.90 Å². The fourth-order valence-corrected chi connectivity index (χ4v) is 2.07. The van der Waals surface area contributed by atoms with Gasteiger partial charge in [-0.05, 0) is 24.4 Å². The lowest BCUT2D eigenvalue weighted by atomic mass is 10.3. The largest absolute Gasteiger partial charge is 0.550 e. The van der Waals surface area contributed by atoms with Crippen LogP contribution in [-0.4, -0.2) is 15.1 Å². The maximum atomic E-state index is 10.5. The molecule has 0 N–H and O–H groups in total. The van der Waals surface area contributed by atoms with E-state index in [1.165, 1.54) is 0 Å². The number of aromatic nitrogens is 2. The lowest BCUT2D eigenvalue weighted by Crippen LogP contribution is -2.23. The second kappa shape index (κ2) is 4.09. The van der Waals surface area contributed by atoms with Crippen LogP contribution in [0.3, 0.4) is 0 Å². The van der Waals surface area contributed by atoms with Crippen LogP contribution < -0.4 is 5.11 Å². The van der Waals surface area contributed by atoms with Crippen LogP contribution in [0.15, 0.2) is 24.3 Å². The van der Waals surface area contributed by atoms with Crippen molar-refractivity contribution < 1.29 is 9.90 Å². The van der Waals surface area contributed by atoms with Gasteiger partial charge in [0.05, 0.1) is 11.0 Å². The van der Waals surface area contributed by atoms with Crippen LogP contribution in [0.1, 0.15) is 6.42 Å². The van der Waals surface area contributed by atoms with Crippen LogP contribution >= 0.6 is 12.2 Å². The summed E-state index contributed by atoms with van der Waals surface area (Å²) in [5.74, 6) is -1.06. The number of hydrogen-bond acceptors (Lipinski definition) is 3. The molecular formula is C11H11N2O2S-. The zero-order valence-electron chi connectivity index (χ0n) is 8.84. The molecule has 0 saturated carbocycles. The predicted molar refractivity (Wildman–Crippen MR) is 61.4 cm³/mol. The third-order valence-electron chi connectivity index (χ3n) is 2.59. The normalized spacial score (nSPS) is 10.8. The minimum Gasteiger partial charge on any atom is -0.550 e. The summed E-state index contributed by atoms with van der Waals surface area (Å²) >= 11 is 5.26. The Morgan fingerprint density at radius 1 is 1.38 bits per heavy atom. The molecule has 0 atom stereocenters. The molecule has 1 aromatic heterocycles. The smallest absolute Gasteiger partial charge is 0.180 e. The first-order valence-electron chi connectivity index (χ1n) is 4.95. The number of carbonyl (C=O) groups excluding carboxylic acids is 1. The average Bonchev–Trinajstić information content (AvgIpc) is 2.50. The Morgan fingerprint density at radius 3 is 2.62 bits per heavy atom. The summed E-state index contributed by atoms with van der Waals surface area (Å²) in [4.78, 5) is 10.5. The Bertz CT molecular complexity index is 598. The van der Waals surface area contributed by atoms with E-state index in [0.29, 0.717) is 11.3 Å². The average molecular weight is 235 g/mol. The third kappa shape index (κ3) is 1.74. The minimum absolute atomic E-state index is 0.0255. The lowest BCUT2D eigenvalue weighted by molar-refractivity contribution is -0.305. The summed E-state index contributed by atoms with van der Waals surface area (Å²) in [6.45, 7) is 0.350. The lowest BCUT2D eigenvalue weighted by Gasteiger charge is -2.04. The summed E-state index contributed by atoms with van der Waals surface area (Å²) in [6.07, 6.45) is -0.0255. The van der Waals surface area contributed by atoms with Gasteiger partial charge in [-0.3, -0.25) is 0 Å². The van der Waals surface area contributed by atoms with E-state index in [1.54, 1.807) is 0 Å². The number of fused-ring (bicyclic) bond motifs is 1. The van der Waals surface area contributed by atoms with Gasteiger partial charge in [0.15, 0.2) is 4.77 Å². The third-order valence-corrected chi connectivity index (χ3v) is 3.09. The molecule has 0 unspecified atom stereocenters. The highest BCUT2D eigenvalue weighted by atomic mass is 32.1. The van der Waals surface area contributed by atoms with Crippen molar-refractivity contribution in [3.8, 4) is 0 Å². The molecule has 2 rings (SSSR count). The van der Waals surface area contributed by atoms with E-state index in [1.807, 2.05) is 40.4 Å². The zero-order valence-corrected chi connectivity index (χ0v) is 9.66. The number of carboxylic acid groups (broad SMARTS) is 1. The first kappa shape index (κ1) is 10.9. The Hall–Kier alpha value is -1.62. The van der Waals surface area contributed by atoms with Gasteiger partial charge < -0.3 is 19.0 Å². The van der Waals surface area contributed by atoms with Gasteiger partial charge in [0.1, 0.15) is 0 Å². The summed E-state index contributed by atoms with van der Waals surface area (Å²) in [7, 11) is 1.88. The van der Waals surface area contributed by atoms with Gasteiger partial charge >= 0.3 is 0 Å². The van der Waals surface area contributed by atoms with Gasteiger partial charge in [0.25, 0.3) is 0 Å². The van der Waals surface area contributed by atoms with Crippen LogP contribution in [0.2, 0.25) is 0 Å². The second-order valence-electron chi connectivity index (χ2n) is 3.60. The number of carboxylic acids is 1. The van der Waals surface area contributed by atoms with E-state index in [-0.39, 0.29) is 6.42 Å². The highest BCUT2D eigenvalue weighted by Crippen LogP contribution is 2.16. The minimum atomic E-state index is -1.06.